The fourth-order valence-electron chi connectivity index (χ4n) is 4.54. The number of aliphatic hydroxyl groups is 1. The number of hydrogen-bond donors (Lipinski definition) is 4. The van der Waals surface area contributed by atoms with E-state index in [4.69, 9.17) is 10.5 Å². The third kappa shape index (κ3) is 2.50. The van der Waals surface area contributed by atoms with Gasteiger partial charge in [0.05, 0.1) is 5.56 Å². The fraction of sp³-hybridized carbons (Fsp3) is 0.318. The molecule has 3 atom stereocenters. The average Bonchev–Trinajstić information content (AvgIpc) is 3.32. The number of ketones is 1. The molecule has 3 aliphatic rings. The quantitative estimate of drug-likeness (QED) is 0.538. The van der Waals surface area contributed by atoms with Crippen LogP contribution in [0.5, 0.6) is 5.75 Å². The van der Waals surface area contributed by atoms with E-state index in [1.165, 1.54) is 0 Å². The van der Waals surface area contributed by atoms with E-state index in [1.54, 1.807) is 30.3 Å². The van der Waals surface area contributed by atoms with Gasteiger partial charge in [-0.05, 0) is 23.6 Å². The van der Waals surface area contributed by atoms with Gasteiger partial charge in [0.1, 0.15) is 11.8 Å². The highest BCUT2D eigenvalue weighted by atomic mass is 32.2. The lowest BCUT2D eigenvalue weighted by Gasteiger charge is -2.35. The number of carbonyl (C=O) groups excluding carboxylic acids is 3. The van der Waals surface area contributed by atoms with Crippen molar-refractivity contribution in [3.8, 4) is 5.75 Å². The highest BCUT2D eigenvalue weighted by Crippen LogP contribution is 2.59. The van der Waals surface area contributed by atoms with Crippen molar-refractivity contribution in [3.05, 3.63) is 58.7 Å². The molecule has 0 bridgehead atoms. The zero-order chi connectivity index (χ0) is 22.1. The molecule has 2 heterocycles. The largest absolute Gasteiger partial charge is 0.454 e. The number of Topliss-reactive ketones (excluding diaryl/α,β-unsaturated/α-hetero) is 1. The minimum atomic E-state index is -2.17. The van der Waals surface area contributed by atoms with Gasteiger partial charge in [0, 0.05) is 22.6 Å². The summed E-state index contributed by atoms with van der Waals surface area (Å²) < 4.78 is 6.02. The van der Waals surface area contributed by atoms with E-state index in [9.17, 15) is 19.5 Å². The second-order valence-electron chi connectivity index (χ2n) is 8.29. The number of rotatable bonds is 3. The number of anilines is 1. The molecule has 1 saturated heterocycles. The first-order valence-electron chi connectivity index (χ1n) is 9.94. The van der Waals surface area contributed by atoms with Crippen molar-refractivity contribution in [2.75, 3.05) is 11.5 Å². The average molecular weight is 439 g/mol. The lowest BCUT2D eigenvalue weighted by Crippen LogP contribution is -2.62. The van der Waals surface area contributed by atoms with E-state index < -0.39 is 29.1 Å². The molecule has 0 radical (unpaired) electrons. The third-order valence-electron chi connectivity index (χ3n) is 6.17. The number of nitrogens with one attached hydrogen (secondary N) is 2. The molecule has 160 valence electrons. The summed E-state index contributed by atoms with van der Waals surface area (Å²) in [7, 11) is 0. The van der Waals surface area contributed by atoms with Crippen LogP contribution in [0.15, 0.2) is 36.4 Å². The molecule has 0 aromatic heterocycles. The Balaban J connectivity index is 1.69. The Morgan fingerprint density at radius 1 is 1.29 bits per heavy atom. The van der Waals surface area contributed by atoms with Crippen LogP contribution in [0, 0.1) is 0 Å². The zero-order valence-electron chi connectivity index (χ0n) is 16.9. The smallest absolute Gasteiger partial charge is 0.279 e. The first kappa shape index (κ1) is 19.9. The summed E-state index contributed by atoms with van der Waals surface area (Å²) in [6.07, 6.45) is 0. The topological polar surface area (TPSA) is 131 Å². The number of fused-ring (bicyclic) bond motifs is 5. The number of thioether (sulfide) groups is 1. The Morgan fingerprint density at radius 3 is 2.74 bits per heavy atom. The van der Waals surface area contributed by atoms with Gasteiger partial charge in [-0.1, -0.05) is 49.9 Å². The number of amides is 2. The Kier molecular flexibility index (Phi) is 4.16. The van der Waals surface area contributed by atoms with Crippen LogP contribution in [0.1, 0.15) is 46.8 Å². The molecule has 2 aliphatic heterocycles. The van der Waals surface area contributed by atoms with Crippen molar-refractivity contribution in [1.82, 2.24) is 10.6 Å². The van der Waals surface area contributed by atoms with Gasteiger partial charge in [-0.2, -0.15) is 0 Å². The van der Waals surface area contributed by atoms with E-state index in [2.05, 4.69) is 10.6 Å². The maximum Gasteiger partial charge on any atom is 0.279 e. The molecule has 5 rings (SSSR count). The third-order valence-corrected chi connectivity index (χ3v) is 7.05. The molecule has 8 nitrogen and oxygen atoms in total. The van der Waals surface area contributed by atoms with Gasteiger partial charge >= 0.3 is 0 Å². The molecule has 9 heteroatoms. The van der Waals surface area contributed by atoms with Crippen LogP contribution in [-0.2, 0) is 16.1 Å². The summed E-state index contributed by atoms with van der Waals surface area (Å²) in [5, 5.41) is 16.8. The van der Waals surface area contributed by atoms with Crippen LogP contribution >= 0.6 is 11.8 Å². The van der Waals surface area contributed by atoms with Crippen LogP contribution < -0.4 is 21.1 Å². The fourth-order valence-corrected chi connectivity index (χ4v) is 5.32. The van der Waals surface area contributed by atoms with Crippen molar-refractivity contribution in [1.29, 1.82) is 0 Å². The number of benzene rings is 2. The van der Waals surface area contributed by atoms with Crippen LogP contribution in [0.2, 0.25) is 0 Å². The summed E-state index contributed by atoms with van der Waals surface area (Å²) in [6.45, 7) is 4.04. The van der Waals surface area contributed by atoms with Gasteiger partial charge in [0.2, 0.25) is 17.2 Å². The van der Waals surface area contributed by atoms with Gasteiger partial charge < -0.3 is 26.2 Å². The van der Waals surface area contributed by atoms with Gasteiger partial charge in [-0.25, -0.2) is 0 Å². The molecular weight excluding hydrogens is 418 g/mol. The maximum atomic E-state index is 13.8. The molecule has 1 fully saturated rings. The maximum absolute atomic E-state index is 13.8. The van der Waals surface area contributed by atoms with E-state index >= 15 is 0 Å². The molecule has 1 aliphatic carbocycles. The summed E-state index contributed by atoms with van der Waals surface area (Å²) in [5.41, 5.74) is 5.99. The van der Waals surface area contributed by atoms with E-state index in [0.29, 0.717) is 11.3 Å². The highest BCUT2D eigenvalue weighted by Gasteiger charge is 2.72. The van der Waals surface area contributed by atoms with E-state index in [1.807, 2.05) is 19.9 Å². The van der Waals surface area contributed by atoms with E-state index in [-0.39, 0.29) is 33.7 Å². The number of carbonyl (C=O) groups is 3. The molecule has 2 aromatic rings. The minimum absolute atomic E-state index is 0.119. The van der Waals surface area contributed by atoms with Crippen LogP contribution in [-0.4, -0.2) is 33.8 Å². The Morgan fingerprint density at radius 2 is 2.06 bits per heavy atom. The Hall–Kier alpha value is -3.04. The van der Waals surface area contributed by atoms with Crippen molar-refractivity contribution >= 4 is 34.4 Å². The number of nitrogens with two attached hydrogens (primary N) is 1. The van der Waals surface area contributed by atoms with Gasteiger partial charge in [-0.3, -0.25) is 14.4 Å². The van der Waals surface area contributed by atoms with Crippen molar-refractivity contribution in [2.45, 2.75) is 37.1 Å². The normalized spacial score (nSPS) is 28.1. The van der Waals surface area contributed by atoms with Gasteiger partial charge in [-0.15, -0.1) is 0 Å². The predicted octanol–water partition coefficient (Wildman–Crippen LogP) is 1.96. The minimum Gasteiger partial charge on any atom is -0.454 e. The van der Waals surface area contributed by atoms with Gasteiger partial charge in [0.25, 0.3) is 11.0 Å². The first-order chi connectivity index (χ1) is 14.7. The molecule has 0 spiro atoms. The number of ether oxygens (including phenoxy) is 1. The molecule has 2 amide bonds. The van der Waals surface area contributed by atoms with Crippen molar-refractivity contribution < 1.29 is 24.2 Å². The van der Waals surface area contributed by atoms with Crippen molar-refractivity contribution in [3.63, 3.8) is 0 Å². The summed E-state index contributed by atoms with van der Waals surface area (Å²) in [6, 6.07) is 9.24. The molecule has 0 saturated carbocycles. The van der Waals surface area contributed by atoms with Crippen molar-refractivity contribution in [2.24, 2.45) is 0 Å². The van der Waals surface area contributed by atoms with Crippen LogP contribution in [0.4, 0.5) is 10.5 Å². The lowest BCUT2D eigenvalue weighted by atomic mass is 9.82. The first-order valence-corrected chi connectivity index (χ1v) is 10.9. The molecule has 2 aromatic carbocycles. The molecule has 1 unspecified atom stereocenters. The summed E-state index contributed by atoms with van der Waals surface area (Å²) in [5.74, 6) is -2.56. The molecule has 31 heavy (non-hydrogen) atoms. The highest BCUT2D eigenvalue weighted by molar-refractivity contribution is 8.14. The van der Waals surface area contributed by atoms with Crippen LogP contribution in [0.3, 0.4) is 0 Å². The lowest BCUT2D eigenvalue weighted by molar-refractivity contribution is -0.175. The van der Waals surface area contributed by atoms with Gasteiger partial charge in [0.15, 0.2) is 0 Å². The summed E-state index contributed by atoms with van der Waals surface area (Å²) in [4.78, 5) is 38.5. The monoisotopic (exact) mass is 439 g/mol. The Bertz CT molecular complexity index is 1170. The summed E-state index contributed by atoms with van der Waals surface area (Å²) >= 11 is 0.985. The SMILES string of the molecule is CC(C)c1ccc2c(c1)OC1(O)c3cccc(N)c3C(=O)[C@@]21NC(=O)[C@@H]1CSC(=O)N1. The standard InChI is InChI=1S/C22H21N3O5S/c1-10(2)11-6-7-12-16(8-11)30-22(29)13-4-3-5-14(23)17(13)18(26)21(12,22)25-19(27)15-9-31-20(28)24-15/h3-8,10,15,29H,9,23H2,1-2H3,(H,24,28)(H,25,27)/t15-,21-,22?/m0/s1. The Labute approximate surface area is 182 Å². The second-order valence-corrected chi connectivity index (χ2v) is 9.28. The molecule has 5 N–H and O–H groups in total. The number of hydrogen-bond acceptors (Lipinski definition) is 7. The predicted molar refractivity (Wildman–Crippen MR) is 115 cm³/mol. The zero-order valence-corrected chi connectivity index (χ0v) is 17.7. The molecular formula is C22H21N3O5S. The number of nitrogen functional groups attached to an aromatic ring is 1. The van der Waals surface area contributed by atoms with E-state index in [0.717, 1.165) is 17.3 Å². The second kappa shape index (κ2) is 6.48. The van der Waals surface area contributed by atoms with Crippen LogP contribution in [0.25, 0.3) is 0 Å².